The number of hydrogen-bond acceptors (Lipinski definition) is 2. The van der Waals surface area contributed by atoms with Crippen LogP contribution in [0.1, 0.15) is 30.9 Å². The quantitative estimate of drug-likeness (QED) is 0.844. The summed E-state index contributed by atoms with van der Waals surface area (Å²) in [5, 5.41) is 3.50. The summed E-state index contributed by atoms with van der Waals surface area (Å²) in [5.74, 6) is 0. The molecule has 1 aromatic rings. The van der Waals surface area contributed by atoms with Crippen LogP contribution in [0.4, 0.5) is 0 Å². The first-order valence-electron chi connectivity index (χ1n) is 6.77. The molecule has 0 amide bonds. The standard InChI is InChI=1S/C15H23NO/c1-2-3-13-4-6-14(7-5-13)8-9-15-12-17-11-10-16-15/h4-7,15-16H,2-3,8-12H2,1H3. The van der Waals surface area contributed by atoms with Crippen LogP contribution in [0, 0.1) is 0 Å². The molecule has 0 bridgehead atoms. The molecule has 2 heteroatoms. The molecule has 0 saturated carbocycles. The summed E-state index contributed by atoms with van der Waals surface area (Å²) in [6, 6.07) is 9.62. The van der Waals surface area contributed by atoms with Gasteiger partial charge in [-0.05, 0) is 30.4 Å². The Bertz CT molecular complexity index is 314. The Morgan fingerprint density at radius 3 is 2.47 bits per heavy atom. The number of morpholine rings is 1. The van der Waals surface area contributed by atoms with Crippen LogP contribution >= 0.6 is 0 Å². The minimum atomic E-state index is 0.541. The first-order chi connectivity index (χ1) is 8.38. The molecule has 17 heavy (non-hydrogen) atoms. The lowest BCUT2D eigenvalue weighted by molar-refractivity contribution is 0.0743. The zero-order valence-electron chi connectivity index (χ0n) is 10.7. The second kappa shape index (κ2) is 6.77. The second-order valence-corrected chi connectivity index (χ2v) is 4.83. The van der Waals surface area contributed by atoms with Crippen LogP contribution < -0.4 is 5.32 Å². The van der Waals surface area contributed by atoms with Gasteiger partial charge in [-0.3, -0.25) is 0 Å². The van der Waals surface area contributed by atoms with Crippen molar-refractivity contribution in [2.24, 2.45) is 0 Å². The van der Waals surface area contributed by atoms with Crippen molar-refractivity contribution in [3.8, 4) is 0 Å². The van der Waals surface area contributed by atoms with Crippen molar-refractivity contribution in [2.75, 3.05) is 19.8 Å². The smallest absolute Gasteiger partial charge is 0.0620 e. The van der Waals surface area contributed by atoms with Gasteiger partial charge in [-0.25, -0.2) is 0 Å². The van der Waals surface area contributed by atoms with Crippen molar-refractivity contribution in [3.05, 3.63) is 35.4 Å². The fourth-order valence-corrected chi connectivity index (χ4v) is 2.31. The van der Waals surface area contributed by atoms with Gasteiger partial charge in [-0.1, -0.05) is 37.6 Å². The fourth-order valence-electron chi connectivity index (χ4n) is 2.31. The maximum Gasteiger partial charge on any atom is 0.0620 e. The van der Waals surface area contributed by atoms with Crippen molar-refractivity contribution in [1.82, 2.24) is 5.32 Å². The molecule has 0 spiro atoms. The van der Waals surface area contributed by atoms with Crippen LogP contribution in [0.25, 0.3) is 0 Å². The molecular weight excluding hydrogens is 210 g/mol. The largest absolute Gasteiger partial charge is 0.379 e. The highest BCUT2D eigenvalue weighted by Crippen LogP contribution is 2.10. The minimum absolute atomic E-state index is 0.541. The third-order valence-electron chi connectivity index (χ3n) is 3.34. The molecule has 1 unspecified atom stereocenters. The van der Waals surface area contributed by atoms with E-state index in [0.717, 1.165) is 26.2 Å². The van der Waals surface area contributed by atoms with E-state index in [-0.39, 0.29) is 0 Å². The van der Waals surface area contributed by atoms with E-state index in [2.05, 4.69) is 36.5 Å². The lowest BCUT2D eigenvalue weighted by Crippen LogP contribution is -2.41. The Morgan fingerprint density at radius 2 is 1.88 bits per heavy atom. The molecule has 0 aromatic heterocycles. The van der Waals surface area contributed by atoms with Crippen LogP contribution in [-0.4, -0.2) is 25.8 Å². The summed E-state index contributed by atoms with van der Waals surface area (Å²) in [5.41, 5.74) is 2.90. The van der Waals surface area contributed by atoms with Gasteiger partial charge in [0.15, 0.2) is 0 Å². The molecule has 1 heterocycles. The average Bonchev–Trinajstić information content (AvgIpc) is 2.40. The Kier molecular flexibility index (Phi) is 5.02. The molecule has 2 rings (SSSR count). The van der Waals surface area contributed by atoms with E-state index in [1.54, 1.807) is 0 Å². The van der Waals surface area contributed by atoms with Gasteiger partial charge in [0.1, 0.15) is 0 Å². The first-order valence-corrected chi connectivity index (χ1v) is 6.77. The maximum atomic E-state index is 5.46. The zero-order chi connectivity index (χ0) is 11.9. The van der Waals surface area contributed by atoms with Crippen molar-refractivity contribution < 1.29 is 4.74 Å². The van der Waals surface area contributed by atoms with E-state index in [4.69, 9.17) is 4.74 Å². The Balaban J connectivity index is 1.77. The third-order valence-corrected chi connectivity index (χ3v) is 3.34. The number of hydrogen-bond donors (Lipinski definition) is 1. The maximum absolute atomic E-state index is 5.46. The molecule has 1 N–H and O–H groups in total. The normalized spacial score (nSPS) is 20.4. The minimum Gasteiger partial charge on any atom is -0.379 e. The highest BCUT2D eigenvalue weighted by Gasteiger charge is 2.12. The van der Waals surface area contributed by atoms with E-state index < -0.39 is 0 Å². The Hall–Kier alpha value is -0.860. The summed E-state index contributed by atoms with van der Waals surface area (Å²) in [6.07, 6.45) is 4.74. The van der Waals surface area contributed by atoms with E-state index in [1.807, 2.05) is 0 Å². The number of ether oxygens (including phenoxy) is 1. The fraction of sp³-hybridized carbons (Fsp3) is 0.600. The molecule has 1 aliphatic rings. The average molecular weight is 233 g/mol. The Labute approximate surface area is 104 Å². The van der Waals surface area contributed by atoms with Gasteiger partial charge in [0.2, 0.25) is 0 Å². The third kappa shape index (κ3) is 4.14. The molecule has 1 saturated heterocycles. The van der Waals surface area contributed by atoms with Crippen LogP contribution in [0.15, 0.2) is 24.3 Å². The highest BCUT2D eigenvalue weighted by molar-refractivity contribution is 5.22. The van der Waals surface area contributed by atoms with E-state index in [1.165, 1.54) is 30.4 Å². The van der Waals surface area contributed by atoms with Gasteiger partial charge in [0.25, 0.3) is 0 Å². The summed E-state index contributed by atoms with van der Waals surface area (Å²) >= 11 is 0. The van der Waals surface area contributed by atoms with Gasteiger partial charge in [-0.2, -0.15) is 0 Å². The van der Waals surface area contributed by atoms with Gasteiger partial charge in [0.05, 0.1) is 13.2 Å². The van der Waals surface area contributed by atoms with E-state index >= 15 is 0 Å². The lowest BCUT2D eigenvalue weighted by Gasteiger charge is -2.23. The number of benzene rings is 1. The van der Waals surface area contributed by atoms with Crippen LogP contribution in [-0.2, 0) is 17.6 Å². The molecule has 2 nitrogen and oxygen atoms in total. The van der Waals surface area contributed by atoms with Crippen molar-refractivity contribution in [1.29, 1.82) is 0 Å². The SMILES string of the molecule is CCCc1ccc(CCC2COCCN2)cc1. The van der Waals surface area contributed by atoms with Crippen molar-refractivity contribution >= 4 is 0 Å². The molecule has 0 radical (unpaired) electrons. The summed E-state index contributed by atoms with van der Waals surface area (Å²) in [6.45, 7) is 4.96. The van der Waals surface area contributed by atoms with E-state index in [0.29, 0.717) is 6.04 Å². The van der Waals surface area contributed by atoms with Gasteiger partial charge < -0.3 is 10.1 Å². The van der Waals surface area contributed by atoms with E-state index in [9.17, 15) is 0 Å². The monoisotopic (exact) mass is 233 g/mol. The van der Waals surface area contributed by atoms with Gasteiger partial charge in [-0.15, -0.1) is 0 Å². The molecular formula is C15H23NO. The number of aryl methyl sites for hydroxylation is 2. The summed E-state index contributed by atoms with van der Waals surface area (Å²) in [4.78, 5) is 0. The summed E-state index contributed by atoms with van der Waals surface area (Å²) in [7, 11) is 0. The van der Waals surface area contributed by atoms with Crippen LogP contribution in [0.2, 0.25) is 0 Å². The Morgan fingerprint density at radius 1 is 1.18 bits per heavy atom. The predicted octanol–water partition coefficient (Wildman–Crippen LogP) is 2.56. The molecule has 94 valence electrons. The number of nitrogens with one attached hydrogen (secondary N) is 1. The second-order valence-electron chi connectivity index (χ2n) is 4.83. The van der Waals surface area contributed by atoms with Gasteiger partial charge >= 0.3 is 0 Å². The zero-order valence-corrected chi connectivity index (χ0v) is 10.7. The van der Waals surface area contributed by atoms with Crippen molar-refractivity contribution in [2.45, 2.75) is 38.6 Å². The molecule has 0 aliphatic carbocycles. The molecule has 1 aromatic carbocycles. The lowest BCUT2D eigenvalue weighted by atomic mass is 10.0. The predicted molar refractivity (Wildman–Crippen MR) is 71.4 cm³/mol. The van der Waals surface area contributed by atoms with Gasteiger partial charge in [0, 0.05) is 12.6 Å². The molecule has 1 fully saturated rings. The summed E-state index contributed by atoms with van der Waals surface area (Å²) < 4.78 is 5.46. The molecule has 1 atom stereocenters. The first kappa shape index (κ1) is 12.6. The highest BCUT2D eigenvalue weighted by atomic mass is 16.5. The van der Waals surface area contributed by atoms with Crippen LogP contribution in [0.3, 0.4) is 0 Å². The topological polar surface area (TPSA) is 21.3 Å². The number of rotatable bonds is 5. The van der Waals surface area contributed by atoms with Crippen LogP contribution in [0.5, 0.6) is 0 Å². The molecule has 1 aliphatic heterocycles. The van der Waals surface area contributed by atoms with Crippen molar-refractivity contribution in [3.63, 3.8) is 0 Å².